The van der Waals surface area contributed by atoms with E-state index in [0.717, 1.165) is 17.6 Å². The molecule has 2 N–H and O–H groups in total. The van der Waals surface area contributed by atoms with Gasteiger partial charge in [-0.05, 0) is 18.9 Å². The van der Waals surface area contributed by atoms with Gasteiger partial charge in [-0.25, -0.2) is 0 Å². The van der Waals surface area contributed by atoms with E-state index in [1.807, 2.05) is 44.2 Å². The van der Waals surface area contributed by atoms with Crippen molar-refractivity contribution < 1.29 is 4.74 Å². The highest BCUT2D eigenvalue weighted by molar-refractivity contribution is 7.80. The number of nitrogens with two attached hydrogens (primary N) is 1. The molecule has 1 rings (SSSR count). The molecule has 1 aromatic carbocycles. The Labute approximate surface area is 114 Å². The fourth-order valence-electron chi connectivity index (χ4n) is 1.35. The van der Waals surface area contributed by atoms with Gasteiger partial charge in [-0.2, -0.15) is 12.6 Å². The smallest absolute Gasteiger partial charge is 0.189 e. The number of hydrogen-bond donors (Lipinski definition) is 2. The second-order valence-electron chi connectivity index (χ2n) is 3.93. The molecule has 0 aromatic heterocycles. The summed E-state index contributed by atoms with van der Waals surface area (Å²) >= 11 is 4.19. The summed E-state index contributed by atoms with van der Waals surface area (Å²) in [7, 11) is 0. The molecular weight excluding hydrogens is 244 g/mol. The molecule has 4 heteroatoms. The second kappa shape index (κ2) is 7.82. The van der Waals surface area contributed by atoms with Crippen LogP contribution in [-0.2, 0) is 11.3 Å². The summed E-state index contributed by atoms with van der Waals surface area (Å²) in [5.41, 5.74) is 7.89. The van der Waals surface area contributed by atoms with Crippen molar-refractivity contribution in [1.82, 2.24) is 0 Å². The Balaban J connectivity index is 2.63. The highest BCUT2D eigenvalue weighted by Crippen LogP contribution is 2.08. The van der Waals surface area contributed by atoms with Crippen molar-refractivity contribution >= 4 is 18.8 Å². The zero-order valence-corrected chi connectivity index (χ0v) is 11.7. The zero-order chi connectivity index (χ0) is 13.4. The van der Waals surface area contributed by atoms with E-state index in [1.54, 1.807) is 6.21 Å². The number of ether oxygens (including phenoxy) is 1. The molecule has 0 radical (unpaired) electrons. The van der Waals surface area contributed by atoms with Crippen LogP contribution in [0.15, 0.2) is 46.8 Å². The lowest BCUT2D eigenvalue weighted by Crippen LogP contribution is -2.08. The van der Waals surface area contributed by atoms with E-state index in [4.69, 9.17) is 10.5 Å². The van der Waals surface area contributed by atoms with Gasteiger partial charge in [0.2, 0.25) is 0 Å². The third-order valence-electron chi connectivity index (χ3n) is 2.38. The zero-order valence-electron chi connectivity index (χ0n) is 10.8. The number of thiol groups is 1. The largest absolute Gasteiger partial charge is 0.474 e. The molecule has 0 amide bonds. The Bertz CT molecular complexity index is 413. The van der Waals surface area contributed by atoms with Crippen LogP contribution in [0.4, 0.5) is 0 Å². The van der Waals surface area contributed by atoms with Crippen LogP contribution in [0.5, 0.6) is 0 Å². The van der Waals surface area contributed by atoms with Gasteiger partial charge in [0, 0.05) is 11.8 Å². The molecule has 0 saturated carbocycles. The monoisotopic (exact) mass is 264 g/mol. The van der Waals surface area contributed by atoms with Crippen LogP contribution < -0.4 is 5.73 Å². The standard InChI is InChI=1S/C14H20N2OS/c1-3-13(9-16-11(2)18)14(15)17-10-12-7-5-4-6-8-12/h4-9,11,18H,3,10,15H2,1-2H3. The maximum absolute atomic E-state index is 5.90. The molecule has 1 unspecified atom stereocenters. The van der Waals surface area contributed by atoms with Crippen LogP contribution in [-0.4, -0.2) is 11.6 Å². The van der Waals surface area contributed by atoms with E-state index in [9.17, 15) is 0 Å². The highest BCUT2D eigenvalue weighted by Gasteiger charge is 2.01. The molecule has 0 aliphatic rings. The SMILES string of the molecule is CCC(C=NC(C)S)=C(N)OCc1ccccc1. The normalized spacial score (nSPS) is 14.4. The van der Waals surface area contributed by atoms with Crippen molar-refractivity contribution in [2.75, 3.05) is 0 Å². The Kier molecular flexibility index (Phi) is 6.36. The van der Waals surface area contributed by atoms with E-state index < -0.39 is 0 Å². The first-order valence-electron chi connectivity index (χ1n) is 6.00. The van der Waals surface area contributed by atoms with Gasteiger partial charge in [0.05, 0.1) is 5.37 Å². The number of hydrogen-bond acceptors (Lipinski definition) is 4. The van der Waals surface area contributed by atoms with Crippen molar-refractivity contribution in [2.24, 2.45) is 10.7 Å². The number of aliphatic imine (C=N–C) groups is 1. The number of benzene rings is 1. The molecule has 0 fully saturated rings. The Morgan fingerprint density at radius 2 is 2.11 bits per heavy atom. The lowest BCUT2D eigenvalue weighted by molar-refractivity contribution is 0.193. The van der Waals surface area contributed by atoms with Gasteiger partial charge >= 0.3 is 0 Å². The Hall–Kier alpha value is -1.42. The molecule has 0 aliphatic heterocycles. The van der Waals surface area contributed by atoms with Gasteiger partial charge in [-0.15, -0.1) is 0 Å². The van der Waals surface area contributed by atoms with Gasteiger partial charge in [0.1, 0.15) is 6.61 Å². The maximum Gasteiger partial charge on any atom is 0.189 e. The summed E-state index contributed by atoms with van der Waals surface area (Å²) in [4.78, 5) is 4.19. The van der Waals surface area contributed by atoms with Gasteiger partial charge in [0.15, 0.2) is 5.88 Å². The highest BCUT2D eigenvalue weighted by atomic mass is 32.1. The van der Waals surface area contributed by atoms with Gasteiger partial charge in [0.25, 0.3) is 0 Å². The average molecular weight is 264 g/mol. The van der Waals surface area contributed by atoms with Gasteiger partial charge in [-0.1, -0.05) is 37.3 Å². The Morgan fingerprint density at radius 3 is 2.67 bits per heavy atom. The lowest BCUT2D eigenvalue weighted by Gasteiger charge is -2.09. The summed E-state index contributed by atoms with van der Waals surface area (Å²) in [6.45, 7) is 4.39. The molecule has 0 heterocycles. The van der Waals surface area contributed by atoms with Crippen LogP contribution in [0.3, 0.4) is 0 Å². The number of nitrogens with zero attached hydrogens (tertiary/aromatic N) is 1. The minimum atomic E-state index is -0.0338. The van der Waals surface area contributed by atoms with Crippen LogP contribution in [0.25, 0.3) is 0 Å². The predicted molar refractivity (Wildman–Crippen MR) is 79.7 cm³/mol. The van der Waals surface area contributed by atoms with Crippen molar-refractivity contribution in [1.29, 1.82) is 0 Å². The van der Waals surface area contributed by atoms with E-state index >= 15 is 0 Å². The Morgan fingerprint density at radius 1 is 1.44 bits per heavy atom. The summed E-state index contributed by atoms with van der Waals surface area (Å²) in [6.07, 6.45) is 2.52. The minimum Gasteiger partial charge on any atom is -0.474 e. The molecule has 98 valence electrons. The summed E-state index contributed by atoms with van der Waals surface area (Å²) in [6, 6.07) is 9.93. The van der Waals surface area contributed by atoms with Gasteiger partial charge < -0.3 is 10.5 Å². The van der Waals surface area contributed by atoms with Gasteiger partial charge in [-0.3, -0.25) is 4.99 Å². The molecule has 1 aromatic rings. The summed E-state index contributed by atoms with van der Waals surface area (Å²) in [5, 5.41) is -0.0338. The molecule has 3 nitrogen and oxygen atoms in total. The third kappa shape index (κ3) is 5.27. The van der Waals surface area contributed by atoms with E-state index in [-0.39, 0.29) is 5.37 Å². The van der Waals surface area contributed by atoms with Crippen molar-refractivity contribution in [3.05, 3.63) is 47.4 Å². The van der Waals surface area contributed by atoms with Crippen molar-refractivity contribution in [3.63, 3.8) is 0 Å². The summed E-state index contributed by atoms with van der Waals surface area (Å²) in [5.74, 6) is 0.430. The van der Waals surface area contributed by atoms with Crippen LogP contribution in [0.1, 0.15) is 25.8 Å². The average Bonchev–Trinajstić information content (AvgIpc) is 2.38. The van der Waals surface area contributed by atoms with E-state index in [0.29, 0.717) is 12.5 Å². The fourth-order valence-corrected chi connectivity index (χ4v) is 1.42. The first-order valence-corrected chi connectivity index (χ1v) is 6.51. The topological polar surface area (TPSA) is 47.6 Å². The molecule has 1 atom stereocenters. The van der Waals surface area contributed by atoms with E-state index in [2.05, 4.69) is 17.6 Å². The number of rotatable bonds is 6. The third-order valence-corrected chi connectivity index (χ3v) is 2.51. The first-order chi connectivity index (χ1) is 8.63. The van der Waals surface area contributed by atoms with E-state index in [1.165, 1.54) is 0 Å². The molecular formula is C14H20N2OS. The first kappa shape index (κ1) is 14.6. The molecule has 0 saturated heterocycles. The molecule has 0 bridgehead atoms. The maximum atomic E-state index is 5.90. The quantitative estimate of drug-likeness (QED) is 0.471. The molecule has 0 aliphatic carbocycles. The van der Waals surface area contributed by atoms with Crippen LogP contribution in [0, 0.1) is 0 Å². The summed E-state index contributed by atoms with van der Waals surface area (Å²) < 4.78 is 5.55. The molecule has 18 heavy (non-hydrogen) atoms. The number of allylic oxidation sites excluding steroid dienone is 1. The molecule has 0 spiro atoms. The van der Waals surface area contributed by atoms with Crippen molar-refractivity contribution in [2.45, 2.75) is 32.2 Å². The van der Waals surface area contributed by atoms with Crippen LogP contribution >= 0.6 is 12.6 Å². The fraction of sp³-hybridized carbons (Fsp3) is 0.357. The van der Waals surface area contributed by atoms with Crippen molar-refractivity contribution in [3.8, 4) is 0 Å². The minimum absolute atomic E-state index is 0.0338. The lowest BCUT2D eigenvalue weighted by atomic mass is 10.2. The predicted octanol–water partition coefficient (Wildman–Crippen LogP) is 3.13. The second-order valence-corrected chi connectivity index (χ2v) is 4.67. The van der Waals surface area contributed by atoms with Crippen LogP contribution in [0.2, 0.25) is 0 Å².